The lowest BCUT2D eigenvalue weighted by atomic mass is 10.1. The van der Waals surface area contributed by atoms with Crippen LogP contribution in [0, 0.1) is 0 Å². The molecule has 0 amide bonds. The molecule has 0 aromatic heterocycles. The zero-order valence-electron chi connectivity index (χ0n) is 8.85. The number of hydrogen-bond acceptors (Lipinski definition) is 3. The summed E-state index contributed by atoms with van der Waals surface area (Å²) in [5.41, 5.74) is 6.86. The Morgan fingerprint density at radius 1 is 1.33 bits per heavy atom. The van der Waals surface area contributed by atoms with Crippen LogP contribution < -0.4 is 10.5 Å². The zero-order chi connectivity index (χ0) is 10.4. The molecule has 1 aromatic carbocycles. The Morgan fingerprint density at radius 3 is 2.40 bits per heavy atom. The molecule has 0 aliphatic carbocycles. The number of benzene rings is 1. The number of aliphatic hydroxyl groups is 1. The molecule has 0 unspecified atom stereocenters. The second-order valence-electron chi connectivity index (χ2n) is 3.12. The number of ether oxygens (including phenoxy) is 1. The van der Waals surface area contributed by atoms with E-state index in [9.17, 15) is 0 Å². The fraction of sp³-hybridized carbons (Fsp3) is 0.455. The molecule has 0 saturated carbocycles. The van der Waals surface area contributed by atoms with Crippen molar-refractivity contribution < 1.29 is 9.84 Å². The molecule has 3 N–H and O–H groups in total. The fourth-order valence-electron chi connectivity index (χ4n) is 1.28. The van der Waals surface area contributed by atoms with Gasteiger partial charge >= 0.3 is 0 Å². The van der Waals surface area contributed by atoms with Gasteiger partial charge in [0, 0.05) is 12.6 Å². The van der Waals surface area contributed by atoms with Gasteiger partial charge in [-0.25, -0.2) is 0 Å². The van der Waals surface area contributed by atoms with Crippen molar-refractivity contribution in [2.24, 2.45) is 5.73 Å². The molecule has 0 aliphatic heterocycles. The average Bonchev–Trinajstić information content (AvgIpc) is 2.20. The Hall–Kier alpha value is -0.770. The molecule has 0 radical (unpaired) electrons. The minimum Gasteiger partial charge on any atom is -0.494 e. The molecule has 0 fully saturated rings. The molecule has 0 heterocycles. The van der Waals surface area contributed by atoms with Crippen LogP contribution >= 0.6 is 12.4 Å². The molecule has 15 heavy (non-hydrogen) atoms. The normalized spacial score (nSPS) is 11.7. The zero-order valence-corrected chi connectivity index (χ0v) is 9.67. The van der Waals surface area contributed by atoms with E-state index in [1.165, 1.54) is 0 Å². The van der Waals surface area contributed by atoms with Crippen molar-refractivity contribution >= 4 is 12.4 Å². The molecule has 1 aromatic rings. The van der Waals surface area contributed by atoms with Gasteiger partial charge < -0.3 is 15.6 Å². The summed E-state index contributed by atoms with van der Waals surface area (Å²) in [4.78, 5) is 0. The van der Waals surface area contributed by atoms with Crippen molar-refractivity contribution in [3.63, 3.8) is 0 Å². The second-order valence-corrected chi connectivity index (χ2v) is 3.12. The third kappa shape index (κ3) is 4.51. The van der Waals surface area contributed by atoms with Gasteiger partial charge in [-0.2, -0.15) is 0 Å². The minimum atomic E-state index is -0.0873. The first-order valence-electron chi connectivity index (χ1n) is 4.87. The molecular formula is C11H18ClNO2. The van der Waals surface area contributed by atoms with Crippen molar-refractivity contribution in [1.29, 1.82) is 0 Å². The lowest BCUT2D eigenvalue weighted by molar-refractivity contribution is 0.276. The van der Waals surface area contributed by atoms with Crippen molar-refractivity contribution in [3.8, 4) is 5.75 Å². The van der Waals surface area contributed by atoms with Crippen molar-refractivity contribution in [3.05, 3.63) is 29.8 Å². The summed E-state index contributed by atoms with van der Waals surface area (Å²) < 4.78 is 5.31. The molecule has 86 valence electrons. The van der Waals surface area contributed by atoms with E-state index in [2.05, 4.69) is 0 Å². The van der Waals surface area contributed by atoms with Crippen LogP contribution in [0.1, 0.15) is 24.9 Å². The lowest BCUT2D eigenvalue weighted by Gasteiger charge is -2.10. The first kappa shape index (κ1) is 14.2. The summed E-state index contributed by atoms with van der Waals surface area (Å²) in [5.74, 6) is 0.854. The van der Waals surface area contributed by atoms with Gasteiger partial charge in [0.15, 0.2) is 0 Å². The van der Waals surface area contributed by atoms with Crippen LogP contribution in [0.3, 0.4) is 0 Å². The number of hydrogen-bond donors (Lipinski definition) is 2. The van der Waals surface area contributed by atoms with Crippen molar-refractivity contribution in [1.82, 2.24) is 0 Å². The van der Waals surface area contributed by atoms with Crippen LogP contribution in [-0.2, 0) is 0 Å². The number of aliphatic hydroxyl groups excluding tert-OH is 1. The molecule has 1 rings (SSSR count). The Kier molecular flexibility index (Phi) is 7.13. The number of nitrogens with two attached hydrogens (primary N) is 1. The molecule has 0 aliphatic rings. The van der Waals surface area contributed by atoms with E-state index in [-0.39, 0.29) is 25.1 Å². The van der Waals surface area contributed by atoms with E-state index < -0.39 is 0 Å². The first-order valence-corrected chi connectivity index (χ1v) is 4.87. The van der Waals surface area contributed by atoms with E-state index >= 15 is 0 Å². The van der Waals surface area contributed by atoms with E-state index in [4.69, 9.17) is 15.6 Å². The van der Waals surface area contributed by atoms with Crippen molar-refractivity contribution in [2.75, 3.05) is 13.2 Å². The summed E-state index contributed by atoms with van der Waals surface area (Å²) in [6.07, 6.45) is 0.591. The average molecular weight is 232 g/mol. The van der Waals surface area contributed by atoms with Crippen LogP contribution in [0.25, 0.3) is 0 Å². The highest BCUT2D eigenvalue weighted by molar-refractivity contribution is 5.85. The molecule has 0 saturated heterocycles. The standard InChI is InChI=1S/C11H17NO2.ClH/c1-2-14-10-5-3-9(4-6-10)11(12)7-8-13;/h3-6,11,13H,2,7-8,12H2,1H3;1H/t11-;/m1./s1. The highest BCUT2D eigenvalue weighted by Crippen LogP contribution is 2.18. The second kappa shape index (κ2) is 7.51. The Morgan fingerprint density at radius 2 is 1.93 bits per heavy atom. The Balaban J connectivity index is 0.00000196. The number of halogens is 1. The predicted octanol–water partition coefficient (Wildman–Crippen LogP) is 1.89. The highest BCUT2D eigenvalue weighted by atomic mass is 35.5. The SMILES string of the molecule is CCOc1ccc([C@H](N)CCO)cc1.Cl. The van der Waals surface area contributed by atoms with E-state index in [0.717, 1.165) is 11.3 Å². The summed E-state index contributed by atoms with van der Waals surface area (Å²) in [5, 5.41) is 8.73. The van der Waals surface area contributed by atoms with Crippen LogP contribution in [0.5, 0.6) is 5.75 Å². The maximum atomic E-state index is 8.73. The summed E-state index contributed by atoms with van der Waals surface area (Å²) in [7, 11) is 0. The van der Waals surface area contributed by atoms with Crippen LogP contribution in [0.4, 0.5) is 0 Å². The van der Waals surface area contributed by atoms with Gasteiger partial charge in [0.1, 0.15) is 5.75 Å². The topological polar surface area (TPSA) is 55.5 Å². The first-order chi connectivity index (χ1) is 6.77. The van der Waals surface area contributed by atoms with Crippen molar-refractivity contribution in [2.45, 2.75) is 19.4 Å². The van der Waals surface area contributed by atoms with Gasteiger partial charge in [0.25, 0.3) is 0 Å². The van der Waals surface area contributed by atoms with Gasteiger partial charge in [0.2, 0.25) is 0 Å². The molecule has 0 bridgehead atoms. The number of rotatable bonds is 5. The quantitative estimate of drug-likeness (QED) is 0.814. The van der Waals surface area contributed by atoms with E-state index in [1.54, 1.807) is 0 Å². The maximum Gasteiger partial charge on any atom is 0.119 e. The van der Waals surface area contributed by atoms with Crippen LogP contribution in [0.15, 0.2) is 24.3 Å². The highest BCUT2D eigenvalue weighted by Gasteiger charge is 2.04. The summed E-state index contributed by atoms with van der Waals surface area (Å²) in [6, 6.07) is 7.58. The van der Waals surface area contributed by atoms with Gasteiger partial charge in [-0.3, -0.25) is 0 Å². The molecule has 3 nitrogen and oxygen atoms in total. The van der Waals surface area contributed by atoms with Crippen LogP contribution in [-0.4, -0.2) is 18.3 Å². The smallest absolute Gasteiger partial charge is 0.119 e. The van der Waals surface area contributed by atoms with Crippen LogP contribution in [0.2, 0.25) is 0 Å². The minimum absolute atomic E-state index is 0. The van der Waals surface area contributed by atoms with E-state index in [0.29, 0.717) is 13.0 Å². The third-order valence-electron chi connectivity index (χ3n) is 2.06. The lowest BCUT2D eigenvalue weighted by Crippen LogP contribution is -2.11. The Labute approximate surface area is 96.7 Å². The van der Waals surface area contributed by atoms with Gasteiger partial charge in [0.05, 0.1) is 6.61 Å². The van der Waals surface area contributed by atoms with Gasteiger partial charge in [-0.05, 0) is 31.0 Å². The summed E-state index contributed by atoms with van der Waals surface area (Å²) >= 11 is 0. The maximum absolute atomic E-state index is 8.73. The monoisotopic (exact) mass is 231 g/mol. The predicted molar refractivity (Wildman–Crippen MR) is 63.5 cm³/mol. The molecule has 0 spiro atoms. The third-order valence-corrected chi connectivity index (χ3v) is 2.06. The largest absolute Gasteiger partial charge is 0.494 e. The Bertz CT molecular complexity index is 264. The molecular weight excluding hydrogens is 214 g/mol. The van der Waals surface area contributed by atoms with Gasteiger partial charge in [-0.1, -0.05) is 12.1 Å². The van der Waals surface area contributed by atoms with Gasteiger partial charge in [-0.15, -0.1) is 12.4 Å². The van der Waals surface area contributed by atoms with E-state index in [1.807, 2.05) is 31.2 Å². The molecule has 1 atom stereocenters. The summed E-state index contributed by atoms with van der Waals surface area (Å²) in [6.45, 7) is 2.74. The fourth-order valence-corrected chi connectivity index (χ4v) is 1.28. The molecule has 4 heteroatoms.